The second-order valence-electron chi connectivity index (χ2n) is 24.9. The number of pyridine rings is 2. The van der Waals surface area contributed by atoms with Gasteiger partial charge in [0.15, 0.2) is 0 Å². The first-order chi connectivity index (χ1) is 48.7. The molecule has 0 amide bonds. The number of anilines is 6. The summed E-state index contributed by atoms with van der Waals surface area (Å²) in [5.74, 6) is 0. The van der Waals surface area contributed by atoms with Gasteiger partial charge in [0, 0.05) is 91.6 Å². The highest BCUT2D eigenvalue weighted by molar-refractivity contribution is 6.25. The maximum atomic E-state index is 4.36. The molecule has 4 aromatic heterocycles. The summed E-state index contributed by atoms with van der Waals surface area (Å²) in [6.07, 6.45) is 7.45. The highest BCUT2D eigenvalue weighted by atomic mass is 15.2. The Morgan fingerprint density at radius 3 is 0.857 bits per heavy atom. The van der Waals surface area contributed by atoms with Crippen LogP contribution < -0.4 is 9.80 Å². The molecule has 18 rings (SSSR count). The van der Waals surface area contributed by atoms with Gasteiger partial charge >= 0.3 is 0 Å². The van der Waals surface area contributed by atoms with E-state index in [9.17, 15) is 0 Å². The molecule has 6 nitrogen and oxygen atoms in total. The van der Waals surface area contributed by atoms with Gasteiger partial charge in [0.05, 0.1) is 33.8 Å². The molecule has 0 aliphatic rings. The van der Waals surface area contributed by atoms with Crippen LogP contribution >= 0.6 is 0 Å². The van der Waals surface area contributed by atoms with Crippen LogP contribution in [0.3, 0.4) is 0 Å². The lowest BCUT2D eigenvalue weighted by molar-refractivity contribution is 1.13. The van der Waals surface area contributed by atoms with Crippen LogP contribution in [0.15, 0.2) is 377 Å². The van der Waals surface area contributed by atoms with E-state index < -0.39 is 0 Å². The van der Waals surface area contributed by atoms with E-state index in [2.05, 4.69) is 381 Å². The van der Waals surface area contributed by atoms with Crippen LogP contribution in [0.4, 0.5) is 34.1 Å². The molecular formula is C92H62N6. The standard InChI is InChI=1S/C92H62N6/c1-7-23-67(24-8-1)89-81-49-47-75(59-85(81)97(71-31-15-5-16-32-71)91(89)69-27-11-3-12-28-69)95(73-43-39-63(40-44-73)65-51-55-93-56-52-65)87-61-83-78-36-20-22-38-80(78)88(62-84(83)77-35-19-21-37-79(77)87)96(74-45-41-64(42-46-74)66-53-57-94-58-54-66)76-48-50-82-86(60-76)98(72-33-17-6-18-34-72)92(70-29-13-4-14-30-70)90(82)68-25-9-2-10-26-68/h1-62H. The number of aromatic nitrogens is 4. The van der Waals surface area contributed by atoms with Crippen molar-refractivity contribution >= 4 is 88.2 Å². The molecule has 0 radical (unpaired) electrons. The van der Waals surface area contributed by atoms with Crippen molar-refractivity contribution in [2.24, 2.45) is 0 Å². The summed E-state index contributed by atoms with van der Waals surface area (Å²) in [4.78, 5) is 13.7. The largest absolute Gasteiger partial charge is 0.310 e. The Kier molecular flexibility index (Phi) is 14.5. The Morgan fingerprint density at radius 2 is 0.500 bits per heavy atom. The number of benzene rings is 14. The number of fused-ring (bicyclic) bond motifs is 7. The SMILES string of the molecule is c1ccc(-c2c(-c3ccccc3)n(-c3ccccc3)c3cc(N(c4ccc(-c5ccncc5)cc4)c4cc5c6ccccc6c(N(c6ccc(-c7ccncc7)cc6)c6ccc7c(-c8ccccc8)c(-c8ccccc8)n(-c8ccccc8)c7c6)cc5c5ccccc45)ccc23)cc1. The molecule has 0 N–H and O–H groups in total. The molecule has 0 bridgehead atoms. The zero-order valence-electron chi connectivity index (χ0n) is 53.5. The van der Waals surface area contributed by atoms with Gasteiger partial charge in [0.25, 0.3) is 0 Å². The summed E-state index contributed by atoms with van der Waals surface area (Å²) in [5.41, 5.74) is 24.3. The minimum atomic E-state index is 1.02. The molecule has 0 spiro atoms. The minimum absolute atomic E-state index is 1.02. The molecule has 0 saturated heterocycles. The third-order valence-electron chi connectivity index (χ3n) is 19.3. The Hall–Kier alpha value is -13.2. The molecule has 0 unspecified atom stereocenters. The van der Waals surface area contributed by atoms with Crippen LogP contribution in [0.5, 0.6) is 0 Å². The van der Waals surface area contributed by atoms with E-state index in [1.807, 2.05) is 24.8 Å². The second-order valence-corrected chi connectivity index (χ2v) is 24.9. The molecule has 18 aromatic rings. The minimum Gasteiger partial charge on any atom is -0.310 e. The van der Waals surface area contributed by atoms with Gasteiger partial charge in [-0.3, -0.25) is 9.97 Å². The van der Waals surface area contributed by atoms with Gasteiger partial charge in [-0.25, -0.2) is 0 Å². The molecule has 98 heavy (non-hydrogen) atoms. The summed E-state index contributed by atoms with van der Waals surface area (Å²) >= 11 is 0. The van der Waals surface area contributed by atoms with E-state index in [0.29, 0.717) is 0 Å². The Bertz CT molecular complexity index is 5550. The van der Waals surface area contributed by atoms with Crippen molar-refractivity contribution in [3.63, 3.8) is 0 Å². The van der Waals surface area contributed by atoms with E-state index in [1.165, 1.54) is 11.1 Å². The molecule has 0 aliphatic heterocycles. The van der Waals surface area contributed by atoms with E-state index in [4.69, 9.17) is 0 Å². The van der Waals surface area contributed by atoms with Crippen LogP contribution in [0.1, 0.15) is 0 Å². The van der Waals surface area contributed by atoms with E-state index in [1.54, 1.807) is 0 Å². The lowest BCUT2D eigenvalue weighted by Gasteiger charge is -2.30. The number of para-hydroxylation sites is 2. The Labute approximate surface area is 568 Å². The first-order valence-electron chi connectivity index (χ1n) is 33.3. The third kappa shape index (κ3) is 10.1. The smallest absolute Gasteiger partial charge is 0.0619 e. The summed E-state index contributed by atoms with van der Waals surface area (Å²) in [5, 5.41) is 9.12. The topological polar surface area (TPSA) is 42.1 Å². The average Bonchev–Trinajstić information content (AvgIpc) is 1.18. The second kappa shape index (κ2) is 24.6. The molecule has 0 atom stereocenters. The fourth-order valence-corrected chi connectivity index (χ4v) is 14.9. The lowest BCUT2D eigenvalue weighted by Crippen LogP contribution is -2.12. The first kappa shape index (κ1) is 57.5. The Balaban J connectivity index is 0.895. The summed E-state index contributed by atoms with van der Waals surface area (Å²) < 4.78 is 4.93. The van der Waals surface area contributed by atoms with Crippen molar-refractivity contribution in [2.45, 2.75) is 0 Å². The highest BCUT2D eigenvalue weighted by Crippen LogP contribution is 2.52. The molecule has 4 heterocycles. The fourth-order valence-electron chi connectivity index (χ4n) is 14.9. The van der Waals surface area contributed by atoms with Crippen molar-refractivity contribution in [1.29, 1.82) is 0 Å². The number of hydrogen-bond acceptors (Lipinski definition) is 4. The first-order valence-corrected chi connectivity index (χ1v) is 33.3. The number of nitrogens with zero attached hydrogens (tertiary/aromatic N) is 6. The van der Waals surface area contributed by atoms with Crippen LogP contribution in [0.25, 0.3) is 133 Å². The summed E-state index contributed by atoms with van der Waals surface area (Å²) in [6, 6.07) is 129. The van der Waals surface area contributed by atoms with Crippen LogP contribution in [0, 0.1) is 0 Å². The van der Waals surface area contributed by atoms with Crippen molar-refractivity contribution in [3.8, 4) is 78.4 Å². The van der Waals surface area contributed by atoms with E-state index in [-0.39, 0.29) is 0 Å². The molecule has 460 valence electrons. The molecule has 0 fully saturated rings. The fraction of sp³-hybridized carbons (Fsp3) is 0. The van der Waals surface area contributed by atoms with Crippen molar-refractivity contribution in [3.05, 3.63) is 377 Å². The quantitative estimate of drug-likeness (QED) is 0.102. The van der Waals surface area contributed by atoms with Crippen molar-refractivity contribution in [2.75, 3.05) is 9.80 Å². The monoisotopic (exact) mass is 1250 g/mol. The molecule has 14 aromatic carbocycles. The Morgan fingerprint density at radius 1 is 0.204 bits per heavy atom. The van der Waals surface area contributed by atoms with Gasteiger partial charge in [-0.1, -0.05) is 243 Å². The summed E-state index contributed by atoms with van der Waals surface area (Å²) in [6.45, 7) is 0. The normalized spacial score (nSPS) is 11.5. The van der Waals surface area contributed by atoms with Gasteiger partial charge in [-0.15, -0.1) is 0 Å². The van der Waals surface area contributed by atoms with E-state index in [0.717, 1.165) is 156 Å². The highest BCUT2D eigenvalue weighted by Gasteiger charge is 2.28. The molecule has 0 aliphatic carbocycles. The van der Waals surface area contributed by atoms with Crippen LogP contribution in [0.2, 0.25) is 0 Å². The maximum Gasteiger partial charge on any atom is 0.0619 e. The third-order valence-corrected chi connectivity index (χ3v) is 19.3. The van der Waals surface area contributed by atoms with E-state index >= 15 is 0 Å². The van der Waals surface area contributed by atoms with Gasteiger partial charge in [-0.2, -0.15) is 0 Å². The molecule has 0 saturated carbocycles. The predicted molar refractivity (Wildman–Crippen MR) is 410 cm³/mol. The zero-order chi connectivity index (χ0) is 64.9. The van der Waals surface area contributed by atoms with Gasteiger partial charge in [0.2, 0.25) is 0 Å². The van der Waals surface area contributed by atoms with Crippen molar-refractivity contribution in [1.82, 2.24) is 19.1 Å². The zero-order valence-corrected chi connectivity index (χ0v) is 53.5. The predicted octanol–water partition coefficient (Wildman–Crippen LogP) is 24.8. The van der Waals surface area contributed by atoms with Gasteiger partial charge < -0.3 is 18.9 Å². The molecular weight excluding hydrogens is 1190 g/mol. The molecule has 6 heteroatoms. The number of rotatable bonds is 14. The summed E-state index contributed by atoms with van der Waals surface area (Å²) in [7, 11) is 0. The van der Waals surface area contributed by atoms with Gasteiger partial charge in [-0.05, 0) is 175 Å². The maximum absolute atomic E-state index is 4.36. The number of hydrogen-bond donors (Lipinski definition) is 0. The van der Waals surface area contributed by atoms with Crippen LogP contribution in [-0.4, -0.2) is 19.1 Å². The average molecular weight is 1250 g/mol. The lowest BCUT2D eigenvalue weighted by atomic mass is 9.93. The van der Waals surface area contributed by atoms with Gasteiger partial charge in [0.1, 0.15) is 0 Å². The van der Waals surface area contributed by atoms with Crippen LogP contribution in [-0.2, 0) is 0 Å². The van der Waals surface area contributed by atoms with Crippen molar-refractivity contribution < 1.29 is 0 Å².